The molecule has 2 nitrogen and oxygen atoms in total. The predicted molar refractivity (Wildman–Crippen MR) is 84.9 cm³/mol. The fourth-order valence-corrected chi connectivity index (χ4v) is 3.23. The normalized spacial score (nSPS) is 19.5. The van der Waals surface area contributed by atoms with Gasteiger partial charge in [-0.1, -0.05) is 12.1 Å². The van der Waals surface area contributed by atoms with Crippen molar-refractivity contribution in [2.45, 2.75) is 43.7 Å². The van der Waals surface area contributed by atoms with Crippen LogP contribution < -0.4 is 5.32 Å². The Bertz CT molecular complexity index is 371. The Morgan fingerprint density at radius 1 is 1.16 bits per heavy atom. The van der Waals surface area contributed by atoms with Crippen LogP contribution in [0, 0.1) is 0 Å². The summed E-state index contributed by atoms with van der Waals surface area (Å²) in [6.45, 7) is 8.29. The lowest BCUT2D eigenvalue weighted by atomic mass is 10.1. The van der Waals surface area contributed by atoms with Crippen molar-refractivity contribution in [2.75, 3.05) is 25.9 Å². The Morgan fingerprint density at radius 2 is 1.79 bits per heavy atom. The standard InChI is InChI=1S/C16H26N2S/c1-13(12-18-10-4-5-11-18)17-14(2)15-6-8-16(19-3)9-7-15/h6-9,13-14,17H,4-5,10-12H2,1-3H3. The molecule has 1 aromatic carbocycles. The number of likely N-dealkylation sites (tertiary alicyclic amines) is 1. The first-order valence-corrected chi connectivity index (χ1v) is 8.54. The van der Waals surface area contributed by atoms with Crippen LogP contribution in [0.3, 0.4) is 0 Å². The molecule has 0 saturated carbocycles. The van der Waals surface area contributed by atoms with Gasteiger partial charge in [-0.05, 0) is 63.7 Å². The lowest BCUT2D eigenvalue weighted by molar-refractivity contribution is 0.289. The van der Waals surface area contributed by atoms with Gasteiger partial charge in [0.25, 0.3) is 0 Å². The third-order valence-electron chi connectivity index (χ3n) is 3.88. The van der Waals surface area contributed by atoms with Gasteiger partial charge in [-0.15, -0.1) is 11.8 Å². The molecule has 0 aromatic heterocycles. The molecule has 1 aliphatic heterocycles. The average molecular weight is 278 g/mol. The average Bonchev–Trinajstić information content (AvgIpc) is 2.91. The Kier molecular flexibility index (Phi) is 5.74. The maximum Gasteiger partial charge on any atom is 0.0294 e. The van der Waals surface area contributed by atoms with E-state index in [1.807, 2.05) is 0 Å². The third kappa shape index (κ3) is 4.51. The van der Waals surface area contributed by atoms with Crippen LogP contribution >= 0.6 is 11.8 Å². The van der Waals surface area contributed by atoms with Crippen LogP contribution in [0.15, 0.2) is 29.2 Å². The van der Waals surface area contributed by atoms with E-state index in [1.54, 1.807) is 11.8 Å². The number of hydrogen-bond donors (Lipinski definition) is 1. The number of rotatable bonds is 6. The van der Waals surface area contributed by atoms with Gasteiger partial charge in [0, 0.05) is 23.5 Å². The molecule has 2 atom stereocenters. The van der Waals surface area contributed by atoms with Crippen molar-refractivity contribution >= 4 is 11.8 Å². The van der Waals surface area contributed by atoms with Gasteiger partial charge in [-0.3, -0.25) is 0 Å². The van der Waals surface area contributed by atoms with E-state index in [9.17, 15) is 0 Å². The summed E-state index contributed by atoms with van der Waals surface area (Å²) in [5, 5.41) is 3.71. The summed E-state index contributed by atoms with van der Waals surface area (Å²) in [6.07, 6.45) is 4.87. The molecule has 0 spiro atoms. The summed E-state index contributed by atoms with van der Waals surface area (Å²) in [6, 6.07) is 9.88. The van der Waals surface area contributed by atoms with Crippen LogP contribution in [-0.4, -0.2) is 36.8 Å². The van der Waals surface area contributed by atoms with Crippen molar-refractivity contribution < 1.29 is 0 Å². The largest absolute Gasteiger partial charge is 0.306 e. The van der Waals surface area contributed by atoms with Gasteiger partial charge in [-0.25, -0.2) is 0 Å². The van der Waals surface area contributed by atoms with Crippen LogP contribution in [0.2, 0.25) is 0 Å². The Balaban J connectivity index is 1.82. The summed E-state index contributed by atoms with van der Waals surface area (Å²) in [4.78, 5) is 3.90. The highest BCUT2D eigenvalue weighted by atomic mass is 32.2. The van der Waals surface area contributed by atoms with E-state index < -0.39 is 0 Å². The first kappa shape index (κ1) is 14.9. The van der Waals surface area contributed by atoms with Crippen molar-refractivity contribution in [3.05, 3.63) is 29.8 Å². The zero-order chi connectivity index (χ0) is 13.7. The van der Waals surface area contributed by atoms with Crippen molar-refractivity contribution in [1.29, 1.82) is 0 Å². The minimum absolute atomic E-state index is 0.425. The Morgan fingerprint density at radius 3 is 2.37 bits per heavy atom. The van der Waals surface area contributed by atoms with Gasteiger partial charge < -0.3 is 10.2 Å². The summed E-state index contributed by atoms with van der Waals surface area (Å²) < 4.78 is 0. The number of nitrogens with one attached hydrogen (secondary N) is 1. The first-order valence-electron chi connectivity index (χ1n) is 7.31. The molecule has 1 fully saturated rings. The molecule has 3 heteroatoms. The SMILES string of the molecule is CSc1ccc(C(C)NC(C)CN2CCCC2)cc1. The monoisotopic (exact) mass is 278 g/mol. The van der Waals surface area contributed by atoms with Crippen LogP contribution in [0.5, 0.6) is 0 Å². The molecule has 0 aliphatic carbocycles. The fraction of sp³-hybridized carbons (Fsp3) is 0.625. The molecule has 0 bridgehead atoms. The number of nitrogens with zero attached hydrogens (tertiary/aromatic N) is 1. The lowest BCUT2D eigenvalue weighted by Gasteiger charge is -2.25. The minimum atomic E-state index is 0.425. The van der Waals surface area contributed by atoms with Gasteiger partial charge in [0.05, 0.1) is 0 Å². The third-order valence-corrected chi connectivity index (χ3v) is 4.62. The molecule has 0 amide bonds. The minimum Gasteiger partial charge on any atom is -0.306 e. The predicted octanol–water partition coefficient (Wildman–Crippen LogP) is 3.54. The van der Waals surface area contributed by atoms with Gasteiger partial charge >= 0.3 is 0 Å². The summed E-state index contributed by atoms with van der Waals surface area (Å²) in [5.41, 5.74) is 1.38. The second-order valence-electron chi connectivity index (χ2n) is 5.57. The molecule has 1 aromatic rings. The Labute approximate surface area is 122 Å². The van der Waals surface area contributed by atoms with Gasteiger partial charge in [0.15, 0.2) is 0 Å². The lowest BCUT2D eigenvalue weighted by Crippen LogP contribution is -2.39. The van der Waals surface area contributed by atoms with E-state index in [-0.39, 0.29) is 0 Å². The highest BCUT2D eigenvalue weighted by Crippen LogP contribution is 2.19. The summed E-state index contributed by atoms with van der Waals surface area (Å²) in [5.74, 6) is 0. The number of thioether (sulfide) groups is 1. The highest BCUT2D eigenvalue weighted by molar-refractivity contribution is 7.98. The molecule has 1 heterocycles. The smallest absolute Gasteiger partial charge is 0.0294 e. The number of benzene rings is 1. The maximum absolute atomic E-state index is 3.71. The highest BCUT2D eigenvalue weighted by Gasteiger charge is 2.16. The van der Waals surface area contributed by atoms with Gasteiger partial charge in [0.2, 0.25) is 0 Å². The fourth-order valence-electron chi connectivity index (χ4n) is 2.82. The summed E-state index contributed by atoms with van der Waals surface area (Å²) in [7, 11) is 0. The molecule has 1 N–H and O–H groups in total. The van der Waals surface area contributed by atoms with E-state index in [2.05, 4.69) is 54.6 Å². The van der Waals surface area contributed by atoms with E-state index in [0.717, 1.165) is 0 Å². The van der Waals surface area contributed by atoms with Gasteiger partial charge in [-0.2, -0.15) is 0 Å². The summed E-state index contributed by atoms with van der Waals surface area (Å²) >= 11 is 1.80. The molecule has 2 rings (SSSR count). The maximum atomic E-state index is 3.71. The second kappa shape index (κ2) is 7.32. The molecule has 1 saturated heterocycles. The quantitative estimate of drug-likeness (QED) is 0.801. The van der Waals surface area contributed by atoms with E-state index in [4.69, 9.17) is 0 Å². The second-order valence-corrected chi connectivity index (χ2v) is 6.45. The van der Waals surface area contributed by atoms with Crippen LogP contribution in [-0.2, 0) is 0 Å². The topological polar surface area (TPSA) is 15.3 Å². The van der Waals surface area contributed by atoms with E-state index >= 15 is 0 Å². The molecule has 1 aliphatic rings. The van der Waals surface area contributed by atoms with Crippen molar-refractivity contribution in [1.82, 2.24) is 10.2 Å². The van der Waals surface area contributed by atoms with E-state index in [0.29, 0.717) is 12.1 Å². The van der Waals surface area contributed by atoms with Crippen LogP contribution in [0.1, 0.15) is 38.3 Å². The Hall–Kier alpha value is -0.510. The van der Waals surface area contributed by atoms with Crippen LogP contribution in [0.4, 0.5) is 0 Å². The first-order chi connectivity index (χ1) is 9.19. The molecule has 2 unspecified atom stereocenters. The van der Waals surface area contributed by atoms with Gasteiger partial charge in [0.1, 0.15) is 0 Å². The van der Waals surface area contributed by atoms with E-state index in [1.165, 1.54) is 42.9 Å². The molecule has 106 valence electrons. The molecular weight excluding hydrogens is 252 g/mol. The zero-order valence-electron chi connectivity index (χ0n) is 12.4. The zero-order valence-corrected chi connectivity index (χ0v) is 13.2. The van der Waals surface area contributed by atoms with Crippen LogP contribution in [0.25, 0.3) is 0 Å². The molecular formula is C16H26N2S. The van der Waals surface area contributed by atoms with Crippen molar-refractivity contribution in [3.63, 3.8) is 0 Å². The van der Waals surface area contributed by atoms with Crippen molar-refractivity contribution in [2.24, 2.45) is 0 Å². The number of hydrogen-bond acceptors (Lipinski definition) is 3. The molecule has 19 heavy (non-hydrogen) atoms. The van der Waals surface area contributed by atoms with Crippen molar-refractivity contribution in [3.8, 4) is 0 Å². The molecule has 0 radical (unpaired) electrons.